The third kappa shape index (κ3) is 3.15. The summed E-state index contributed by atoms with van der Waals surface area (Å²) >= 11 is 2.75. The van der Waals surface area contributed by atoms with Crippen molar-refractivity contribution < 1.29 is 14.3 Å². The maximum atomic E-state index is 12.2. The highest BCUT2D eigenvalue weighted by atomic mass is 32.2. The van der Waals surface area contributed by atoms with Crippen LogP contribution in [0.15, 0.2) is 45.5 Å². The summed E-state index contributed by atoms with van der Waals surface area (Å²) < 4.78 is 6.68. The monoisotopic (exact) mass is 373 g/mol. The SMILES string of the molecule is O=C1CSc2ccc(C(=O)OCc3cc(=O)n4ccsc4n3)cc2N1. The Balaban J connectivity index is 1.51. The van der Waals surface area contributed by atoms with Crippen molar-refractivity contribution in [3.63, 3.8) is 0 Å². The van der Waals surface area contributed by atoms with Gasteiger partial charge in [0.2, 0.25) is 5.91 Å². The molecule has 0 aliphatic carbocycles. The molecular weight excluding hydrogens is 362 g/mol. The van der Waals surface area contributed by atoms with Crippen molar-refractivity contribution in [3.8, 4) is 0 Å². The van der Waals surface area contributed by atoms with Gasteiger partial charge in [-0.05, 0) is 18.2 Å². The lowest BCUT2D eigenvalue weighted by Gasteiger charge is -2.16. The van der Waals surface area contributed by atoms with Crippen LogP contribution in [0.5, 0.6) is 0 Å². The average molecular weight is 373 g/mol. The number of hydrogen-bond acceptors (Lipinski definition) is 7. The van der Waals surface area contributed by atoms with Crippen molar-refractivity contribution >= 4 is 45.6 Å². The second-order valence-electron chi connectivity index (χ2n) is 5.27. The van der Waals surface area contributed by atoms with Gasteiger partial charge in [-0.1, -0.05) is 0 Å². The summed E-state index contributed by atoms with van der Waals surface area (Å²) in [5, 5.41) is 4.49. The molecule has 0 saturated carbocycles. The maximum Gasteiger partial charge on any atom is 0.338 e. The molecule has 0 fully saturated rings. The lowest BCUT2D eigenvalue weighted by Crippen LogP contribution is -2.19. The minimum absolute atomic E-state index is 0.0966. The van der Waals surface area contributed by atoms with E-state index in [4.69, 9.17) is 4.74 Å². The van der Waals surface area contributed by atoms with Gasteiger partial charge in [-0.15, -0.1) is 23.1 Å². The Morgan fingerprint density at radius 3 is 3.08 bits per heavy atom. The van der Waals surface area contributed by atoms with Crippen molar-refractivity contribution in [1.82, 2.24) is 9.38 Å². The number of thioether (sulfide) groups is 1. The molecule has 3 heterocycles. The standard InChI is InChI=1S/C16H11N3O4S2/c20-13-8-25-12-2-1-9(5-11(12)18-13)15(22)23-7-10-6-14(21)19-3-4-24-16(19)17-10/h1-6H,7-8H2,(H,18,20). The average Bonchev–Trinajstić information content (AvgIpc) is 3.08. The first-order valence-electron chi connectivity index (χ1n) is 7.30. The number of nitrogens with one attached hydrogen (secondary N) is 1. The molecule has 4 rings (SSSR count). The van der Waals surface area contributed by atoms with Gasteiger partial charge in [-0.25, -0.2) is 9.78 Å². The summed E-state index contributed by atoms with van der Waals surface area (Å²) in [7, 11) is 0. The summed E-state index contributed by atoms with van der Waals surface area (Å²) in [5.41, 5.74) is 1.11. The van der Waals surface area contributed by atoms with E-state index in [-0.39, 0.29) is 18.1 Å². The fourth-order valence-corrected chi connectivity index (χ4v) is 3.92. The number of nitrogens with zero attached hydrogens (tertiary/aromatic N) is 2. The van der Waals surface area contributed by atoms with Gasteiger partial charge in [0.1, 0.15) is 6.61 Å². The minimum atomic E-state index is -0.541. The van der Waals surface area contributed by atoms with E-state index in [1.807, 2.05) is 0 Å². The van der Waals surface area contributed by atoms with Crippen LogP contribution in [0.1, 0.15) is 16.1 Å². The lowest BCUT2D eigenvalue weighted by atomic mass is 10.2. The summed E-state index contributed by atoms with van der Waals surface area (Å²) in [4.78, 5) is 41.3. The molecule has 7 nitrogen and oxygen atoms in total. The van der Waals surface area contributed by atoms with Gasteiger partial charge in [0.25, 0.3) is 5.56 Å². The van der Waals surface area contributed by atoms with Crippen molar-refractivity contribution in [1.29, 1.82) is 0 Å². The second kappa shape index (κ2) is 6.34. The smallest absolute Gasteiger partial charge is 0.338 e. The molecule has 1 aromatic carbocycles. The zero-order valence-corrected chi connectivity index (χ0v) is 14.4. The molecule has 0 unspecified atom stereocenters. The molecule has 1 N–H and O–H groups in total. The van der Waals surface area contributed by atoms with Gasteiger partial charge in [0, 0.05) is 22.5 Å². The van der Waals surface area contributed by atoms with Crippen LogP contribution < -0.4 is 10.9 Å². The van der Waals surface area contributed by atoms with E-state index in [1.54, 1.807) is 29.8 Å². The maximum absolute atomic E-state index is 12.2. The minimum Gasteiger partial charge on any atom is -0.456 e. The van der Waals surface area contributed by atoms with Crippen molar-refractivity contribution in [2.75, 3.05) is 11.1 Å². The molecule has 9 heteroatoms. The highest BCUT2D eigenvalue weighted by molar-refractivity contribution is 8.00. The number of amides is 1. The topological polar surface area (TPSA) is 89.8 Å². The van der Waals surface area contributed by atoms with E-state index < -0.39 is 5.97 Å². The molecule has 1 amide bonds. The number of fused-ring (bicyclic) bond motifs is 2. The van der Waals surface area contributed by atoms with Gasteiger partial charge in [0.15, 0.2) is 4.96 Å². The Kier molecular flexibility index (Phi) is 4.02. The zero-order chi connectivity index (χ0) is 17.4. The van der Waals surface area contributed by atoms with Crippen LogP contribution in [0.25, 0.3) is 4.96 Å². The van der Waals surface area contributed by atoms with Gasteiger partial charge in [-0.2, -0.15) is 0 Å². The Morgan fingerprint density at radius 1 is 1.32 bits per heavy atom. The Morgan fingerprint density at radius 2 is 2.20 bits per heavy atom. The molecule has 0 saturated heterocycles. The van der Waals surface area contributed by atoms with Gasteiger partial charge >= 0.3 is 5.97 Å². The number of anilines is 1. The summed E-state index contributed by atoms with van der Waals surface area (Å²) in [6, 6.07) is 6.36. The molecule has 2 aromatic heterocycles. The number of carbonyl (C=O) groups is 2. The lowest BCUT2D eigenvalue weighted by molar-refractivity contribution is -0.113. The fraction of sp³-hybridized carbons (Fsp3) is 0.125. The van der Waals surface area contributed by atoms with E-state index in [0.29, 0.717) is 27.7 Å². The Hall–Kier alpha value is -2.65. The number of benzene rings is 1. The van der Waals surface area contributed by atoms with Gasteiger partial charge < -0.3 is 10.1 Å². The van der Waals surface area contributed by atoms with Crippen LogP contribution in [-0.2, 0) is 16.1 Å². The third-order valence-corrected chi connectivity index (χ3v) is 5.39. The zero-order valence-electron chi connectivity index (χ0n) is 12.7. The summed E-state index contributed by atoms with van der Waals surface area (Å²) in [6.45, 7) is -0.0966. The summed E-state index contributed by atoms with van der Waals surface area (Å²) in [6.07, 6.45) is 1.64. The number of thiazole rings is 1. The van der Waals surface area contributed by atoms with Crippen LogP contribution in [0.3, 0.4) is 0 Å². The molecule has 0 spiro atoms. The van der Waals surface area contributed by atoms with E-state index in [0.717, 1.165) is 4.90 Å². The quantitative estimate of drug-likeness (QED) is 0.708. The molecule has 1 aliphatic rings. The highest BCUT2D eigenvalue weighted by Crippen LogP contribution is 2.32. The number of aromatic nitrogens is 2. The molecule has 0 radical (unpaired) electrons. The number of carbonyl (C=O) groups excluding carboxylic acids is 2. The first-order chi connectivity index (χ1) is 12.1. The van der Waals surface area contributed by atoms with Crippen molar-refractivity contribution in [2.45, 2.75) is 11.5 Å². The van der Waals surface area contributed by atoms with Crippen molar-refractivity contribution in [2.24, 2.45) is 0 Å². The first kappa shape index (κ1) is 15.9. The molecule has 3 aromatic rings. The number of ether oxygens (including phenoxy) is 1. The Bertz CT molecular complexity index is 1060. The van der Waals surface area contributed by atoms with Crippen LogP contribution in [0, 0.1) is 0 Å². The number of rotatable bonds is 3. The first-order valence-corrected chi connectivity index (χ1v) is 9.16. The molecule has 25 heavy (non-hydrogen) atoms. The van der Waals surface area contributed by atoms with Gasteiger partial charge in [-0.3, -0.25) is 14.0 Å². The van der Waals surface area contributed by atoms with Crippen LogP contribution in [0.4, 0.5) is 5.69 Å². The number of hydrogen-bond donors (Lipinski definition) is 1. The molecule has 126 valence electrons. The van der Waals surface area contributed by atoms with Crippen LogP contribution in [-0.4, -0.2) is 27.0 Å². The highest BCUT2D eigenvalue weighted by Gasteiger charge is 2.18. The molecule has 0 atom stereocenters. The predicted octanol–water partition coefficient (Wildman–Crippen LogP) is 2.16. The molecule has 1 aliphatic heterocycles. The van der Waals surface area contributed by atoms with E-state index in [2.05, 4.69) is 10.3 Å². The van der Waals surface area contributed by atoms with Crippen LogP contribution >= 0.6 is 23.1 Å². The largest absolute Gasteiger partial charge is 0.456 e. The van der Waals surface area contributed by atoms with E-state index in [9.17, 15) is 14.4 Å². The Labute approximate surface area is 149 Å². The molecule has 0 bridgehead atoms. The normalized spacial score (nSPS) is 13.4. The number of esters is 1. The second-order valence-corrected chi connectivity index (χ2v) is 7.16. The van der Waals surface area contributed by atoms with Gasteiger partial charge in [0.05, 0.1) is 22.7 Å². The van der Waals surface area contributed by atoms with Crippen molar-refractivity contribution in [3.05, 3.63) is 57.5 Å². The summed E-state index contributed by atoms with van der Waals surface area (Å²) in [5.74, 6) is -0.277. The fourth-order valence-electron chi connectivity index (χ4n) is 2.39. The molecular formula is C16H11N3O4S2. The van der Waals surface area contributed by atoms with Crippen LogP contribution in [0.2, 0.25) is 0 Å². The predicted molar refractivity (Wildman–Crippen MR) is 94.3 cm³/mol. The third-order valence-electron chi connectivity index (χ3n) is 3.56. The van der Waals surface area contributed by atoms with E-state index >= 15 is 0 Å². The van der Waals surface area contributed by atoms with E-state index in [1.165, 1.54) is 33.6 Å².